The Morgan fingerprint density at radius 2 is 1.32 bits per heavy atom. The van der Waals surface area contributed by atoms with Gasteiger partial charge in [0.15, 0.2) is 0 Å². The van der Waals surface area contributed by atoms with Crippen LogP contribution in [0.15, 0.2) is 83.9 Å². The zero-order valence-corrected chi connectivity index (χ0v) is 14.9. The number of hydrogen-bond acceptors (Lipinski definition) is 2. The minimum absolute atomic E-state index is 0.965. The number of benzene rings is 3. The van der Waals surface area contributed by atoms with Gasteiger partial charge in [0.1, 0.15) is 0 Å². The summed E-state index contributed by atoms with van der Waals surface area (Å²) < 4.78 is 0. The van der Waals surface area contributed by atoms with Crippen molar-refractivity contribution in [2.75, 3.05) is 18.0 Å². The van der Waals surface area contributed by atoms with Gasteiger partial charge in [-0.15, -0.1) is 0 Å². The smallest absolute Gasteiger partial charge is 0.0630 e. The summed E-state index contributed by atoms with van der Waals surface area (Å²) in [5.74, 6) is 0. The number of rotatable bonds is 6. The maximum atomic E-state index is 4.59. The van der Waals surface area contributed by atoms with Gasteiger partial charge in [-0.1, -0.05) is 54.6 Å². The van der Waals surface area contributed by atoms with Gasteiger partial charge >= 0.3 is 0 Å². The topological polar surface area (TPSA) is 15.6 Å². The van der Waals surface area contributed by atoms with E-state index in [1.54, 1.807) is 0 Å². The molecule has 0 aliphatic carbocycles. The fourth-order valence-corrected chi connectivity index (χ4v) is 2.88. The van der Waals surface area contributed by atoms with Crippen molar-refractivity contribution in [3.8, 4) is 11.1 Å². The van der Waals surface area contributed by atoms with Crippen molar-refractivity contribution in [2.45, 2.75) is 13.8 Å². The summed E-state index contributed by atoms with van der Waals surface area (Å²) in [6, 6.07) is 27.3. The third kappa shape index (κ3) is 4.36. The van der Waals surface area contributed by atoms with Crippen LogP contribution >= 0.6 is 0 Å². The van der Waals surface area contributed by atoms with Crippen molar-refractivity contribution in [3.05, 3.63) is 84.4 Å². The molecule has 0 saturated carbocycles. The Labute approximate surface area is 150 Å². The fourth-order valence-electron chi connectivity index (χ4n) is 2.88. The van der Waals surface area contributed by atoms with E-state index in [9.17, 15) is 0 Å². The predicted octanol–water partition coefficient (Wildman–Crippen LogP) is 5.95. The largest absolute Gasteiger partial charge is 0.372 e. The van der Waals surface area contributed by atoms with Gasteiger partial charge in [0.25, 0.3) is 0 Å². The zero-order valence-electron chi connectivity index (χ0n) is 14.9. The number of hydrogen-bond donors (Lipinski definition) is 0. The lowest BCUT2D eigenvalue weighted by Crippen LogP contribution is -2.21. The van der Waals surface area contributed by atoms with Crippen molar-refractivity contribution >= 4 is 17.6 Å². The maximum Gasteiger partial charge on any atom is 0.0630 e. The normalized spacial score (nSPS) is 11.0. The molecule has 0 atom stereocenters. The Balaban J connectivity index is 1.69. The molecular formula is C23H24N2. The van der Waals surface area contributed by atoms with Crippen LogP contribution in [0.4, 0.5) is 11.4 Å². The highest BCUT2D eigenvalue weighted by Crippen LogP contribution is 2.22. The summed E-state index contributed by atoms with van der Waals surface area (Å²) in [7, 11) is 0. The van der Waals surface area contributed by atoms with Gasteiger partial charge in [-0.05, 0) is 54.8 Å². The molecule has 3 rings (SSSR count). The molecule has 2 nitrogen and oxygen atoms in total. The van der Waals surface area contributed by atoms with Gasteiger partial charge in [-0.2, -0.15) is 0 Å². The molecule has 0 saturated heterocycles. The van der Waals surface area contributed by atoms with E-state index >= 15 is 0 Å². The molecule has 0 heterocycles. The lowest BCUT2D eigenvalue weighted by molar-refractivity contribution is 0.866. The second kappa shape index (κ2) is 8.29. The quantitative estimate of drug-likeness (QED) is 0.510. The first kappa shape index (κ1) is 17.0. The monoisotopic (exact) mass is 328 g/mol. The molecular weight excluding hydrogens is 304 g/mol. The highest BCUT2D eigenvalue weighted by molar-refractivity contribution is 5.82. The zero-order chi connectivity index (χ0) is 17.5. The third-order valence-corrected chi connectivity index (χ3v) is 4.36. The van der Waals surface area contributed by atoms with Gasteiger partial charge < -0.3 is 4.90 Å². The molecule has 0 fully saturated rings. The first-order valence-electron chi connectivity index (χ1n) is 8.84. The Bertz CT molecular complexity index is 799. The second-order valence-corrected chi connectivity index (χ2v) is 5.93. The van der Waals surface area contributed by atoms with E-state index in [4.69, 9.17) is 0 Å². The first-order chi connectivity index (χ1) is 12.3. The van der Waals surface area contributed by atoms with Gasteiger partial charge in [0, 0.05) is 25.0 Å². The van der Waals surface area contributed by atoms with Crippen LogP contribution in [0.25, 0.3) is 11.1 Å². The van der Waals surface area contributed by atoms with E-state index in [-0.39, 0.29) is 0 Å². The van der Waals surface area contributed by atoms with Crippen LogP contribution in [0, 0.1) is 0 Å². The van der Waals surface area contributed by atoms with E-state index in [0.29, 0.717) is 0 Å². The summed E-state index contributed by atoms with van der Waals surface area (Å²) in [5.41, 5.74) is 5.78. The van der Waals surface area contributed by atoms with Gasteiger partial charge in [-0.25, -0.2) is 0 Å². The molecule has 0 radical (unpaired) electrons. The highest BCUT2D eigenvalue weighted by atomic mass is 15.1. The van der Waals surface area contributed by atoms with E-state index in [1.807, 2.05) is 12.3 Å². The van der Waals surface area contributed by atoms with E-state index < -0.39 is 0 Å². The lowest BCUT2D eigenvalue weighted by atomic mass is 10.1. The van der Waals surface area contributed by atoms with Gasteiger partial charge in [-0.3, -0.25) is 4.99 Å². The number of anilines is 1. The van der Waals surface area contributed by atoms with Crippen LogP contribution in [0.1, 0.15) is 19.4 Å². The Morgan fingerprint density at radius 3 is 1.92 bits per heavy atom. The highest BCUT2D eigenvalue weighted by Gasteiger charge is 2.00. The van der Waals surface area contributed by atoms with E-state index in [2.05, 4.69) is 96.5 Å². The fraction of sp³-hybridized carbons (Fsp3) is 0.174. The summed E-state index contributed by atoms with van der Waals surface area (Å²) >= 11 is 0. The molecule has 0 unspecified atom stereocenters. The summed E-state index contributed by atoms with van der Waals surface area (Å²) in [5, 5.41) is 0. The van der Waals surface area contributed by atoms with Crippen LogP contribution in [0.5, 0.6) is 0 Å². The van der Waals surface area contributed by atoms with Crippen LogP contribution in [0.3, 0.4) is 0 Å². The van der Waals surface area contributed by atoms with E-state index in [0.717, 1.165) is 24.3 Å². The molecule has 0 spiro atoms. The van der Waals surface area contributed by atoms with Crippen LogP contribution in [-0.2, 0) is 0 Å². The second-order valence-electron chi connectivity index (χ2n) is 5.93. The first-order valence-corrected chi connectivity index (χ1v) is 8.84. The molecule has 0 bridgehead atoms. The SMILES string of the molecule is CCN(CC)c1ccc(C=Nc2ccc(-c3ccccc3)cc2)cc1. The van der Waals surface area contributed by atoms with Crippen molar-refractivity contribution in [2.24, 2.45) is 4.99 Å². The molecule has 0 N–H and O–H groups in total. The average molecular weight is 328 g/mol. The molecule has 0 aliphatic rings. The Hall–Kier alpha value is -2.87. The summed E-state index contributed by atoms with van der Waals surface area (Å²) in [4.78, 5) is 6.92. The molecule has 2 heteroatoms. The van der Waals surface area contributed by atoms with E-state index in [1.165, 1.54) is 16.8 Å². The standard InChI is InChI=1S/C23H24N2/c1-3-25(4-2)23-16-10-19(11-17-23)18-24-22-14-12-21(13-15-22)20-8-6-5-7-9-20/h5-18H,3-4H2,1-2H3. The number of aliphatic imine (C=N–C) groups is 1. The molecule has 126 valence electrons. The van der Waals surface area contributed by atoms with Crippen molar-refractivity contribution in [1.82, 2.24) is 0 Å². The summed E-state index contributed by atoms with van der Waals surface area (Å²) in [6.07, 6.45) is 1.92. The molecule has 0 amide bonds. The molecule has 0 aromatic heterocycles. The average Bonchev–Trinajstić information content (AvgIpc) is 2.69. The molecule has 0 aliphatic heterocycles. The van der Waals surface area contributed by atoms with Crippen LogP contribution < -0.4 is 4.90 Å². The van der Waals surface area contributed by atoms with Crippen molar-refractivity contribution in [1.29, 1.82) is 0 Å². The van der Waals surface area contributed by atoms with Crippen molar-refractivity contribution < 1.29 is 0 Å². The predicted molar refractivity (Wildman–Crippen MR) is 109 cm³/mol. The van der Waals surface area contributed by atoms with Crippen molar-refractivity contribution in [3.63, 3.8) is 0 Å². The van der Waals surface area contributed by atoms with Gasteiger partial charge in [0.05, 0.1) is 5.69 Å². The maximum absolute atomic E-state index is 4.59. The van der Waals surface area contributed by atoms with Crippen LogP contribution in [0.2, 0.25) is 0 Å². The molecule has 3 aromatic rings. The Morgan fingerprint density at radius 1 is 0.720 bits per heavy atom. The Kier molecular flexibility index (Phi) is 5.63. The molecule has 25 heavy (non-hydrogen) atoms. The summed E-state index contributed by atoms with van der Waals surface area (Å²) in [6.45, 7) is 6.41. The van der Waals surface area contributed by atoms with Crippen LogP contribution in [-0.4, -0.2) is 19.3 Å². The third-order valence-electron chi connectivity index (χ3n) is 4.36. The minimum atomic E-state index is 0.965. The number of nitrogens with zero attached hydrogens (tertiary/aromatic N) is 2. The molecule has 3 aromatic carbocycles. The van der Waals surface area contributed by atoms with Gasteiger partial charge in [0.2, 0.25) is 0 Å². The lowest BCUT2D eigenvalue weighted by Gasteiger charge is -2.20. The minimum Gasteiger partial charge on any atom is -0.372 e.